The molecule has 0 radical (unpaired) electrons. The monoisotopic (exact) mass is 217 g/mol. The van der Waals surface area contributed by atoms with E-state index < -0.39 is 0 Å². The van der Waals surface area contributed by atoms with Gasteiger partial charge in [-0.1, -0.05) is 31.2 Å². The molecule has 1 aliphatic rings. The van der Waals surface area contributed by atoms with Gasteiger partial charge in [0.25, 0.3) is 0 Å². The average molecular weight is 217 g/mol. The molecule has 1 unspecified atom stereocenters. The molecular weight excluding hydrogens is 202 g/mol. The maximum absolute atomic E-state index is 11.7. The van der Waals surface area contributed by atoms with Crippen LogP contribution in [0.4, 0.5) is 0 Å². The summed E-state index contributed by atoms with van der Waals surface area (Å²) in [6.07, 6.45) is 2.02. The molecule has 1 aliphatic heterocycles. The van der Waals surface area contributed by atoms with Gasteiger partial charge in [-0.3, -0.25) is 14.9 Å². The predicted octanol–water partition coefficient (Wildman–Crippen LogP) is 1.77. The molecule has 0 saturated carbocycles. The maximum Gasteiger partial charge on any atom is 0.234 e. The van der Waals surface area contributed by atoms with Crippen molar-refractivity contribution in [3.63, 3.8) is 0 Å². The van der Waals surface area contributed by atoms with Crippen LogP contribution >= 0.6 is 0 Å². The lowest BCUT2D eigenvalue weighted by atomic mass is 9.89. The molecule has 1 atom stereocenters. The second-order valence-electron chi connectivity index (χ2n) is 4.10. The van der Waals surface area contributed by atoms with Crippen LogP contribution < -0.4 is 5.32 Å². The van der Waals surface area contributed by atoms with Gasteiger partial charge in [-0.25, -0.2) is 0 Å². The van der Waals surface area contributed by atoms with Crippen molar-refractivity contribution < 1.29 is 9.59 Å². The van der Waals surface area contributed by atoms with Crippen LogP contribution in [0.25, 0.3) is 0 Å². The summed E-state index contributed by atoms with van der Waals surface area (Å²) < 4.78 is 0. The van der Waals surface area contributed by atoms with Crippen molar-refractivity contribution in [1.82, 2.24) is 5.32 Å². The van der Waals surface area contributed by atoms with Gasteiger partial charge in [0.1, 0.15) is 0 Å². The van der Waals surface area contributed by atoms with E-state index in [-0.39, 0.29) is 17.7 Å². The van der Waals surface area contributed by atoms with Gasteiger partial charge in [0, 0.05) is 6.42 Å². The second-order valence-corrected chi connectivity index (χ2v) is 4.10. The fourth-order valence-corrected chi connectivity index (χ4v) is 2.04. The van der Waals surface area contributed by atoms with Gasteiger partial charge in [-0.15, -0.1) is 0 Å². The van der Waals surface area contributed by atoms with Gasteiger partial charge in [-0.05, 0) is 24.0 Å². The fraction of sp³-hybridized carbons (Fsp3) is 0.385. The van der Waals surface area contributed by atoms with Crippen molar-refractivity contribution in [2.24, 2.45) is 0 Å². The van der Waals surface area contributed by atoms with E-state index in [0.717, 1.165) is 12.0 Å². The summed E-state index contributed by atoms with van der Waals surface area (Å²) in [6, 6.07) is 8.03. The molecule has 0 aliphatic carbocycles. The SMILES string of the molecule is CCc1cccc(C2CCC(=O)NC2=O)c1. The minimum atomic E-state index is -0.163. The molecule has 1 aromatic carbocycles. The number of piperidine rings is 1. The van der Waals surface area contributed by atoms with Gasteiger partial charge in [0.15, 0.2) is 0 Å². The molecule has 1 aromatic rings. The van der Waals surface area contributed by atoms with Crippen LogP contribution in [0.15, 0.2) is 24.3 Å². The number of hydrogen-bond acceptors (Lipinski definition) is 2. The minimum Gasteiger partial charge on any atom is -0.296 e. The first-order valence-corrected chi connectivity index (χ1v) is 5.63. The number of carbonyl (C=O) groups is 2. The summed E-state index contributed by atoms with van der Waals surface area (Å²) in [5.74, 6) is -0.485. The van der Waals surface area contributed by atoms with Crippen LogP contribution in [-0.2, 0) is 16.0 Å². The Morgan fingerprint density at radius 3 is 2.88 bits per heavy atom. The van der Waals surface area contributed by atoms with Gasteiger partial charge >= 0.3 is 0 Å². The Labute approximate surface area is 94.9 Å². The van der Waals surface area contributed by atoms with E-state index in [1.54, 1.807) is 0 Å². The van der Waals surface area contributed by atoms with E-state index in [1.807, 2.05) is 12.1 Å². The van der Waals surface area contributed by atoms with E-state index in [9.17, 15) is 9.59 Å². The molecule has 2 amide bonds. The highest BCUT2D eigenvalue weighted by Crippen LogP contribution is 2.25. The molecular formula is C13H15NO2. The third-order valence-electron chi connectivity index (χ3n) is 3.00. The van der Waals surface area contributed by atoms with Gasteiger partial charge in [-0.2, -0.15) is 0 Å². The highest BCUT2D eigenvalue weighted by Gasteiger charge is 2.27. The second kappa shape index (κ2) is 4.47. The van der Waals surface area contributed by atoms with Gasteiger partial charge in [0.2, 0.25) is 11.8 Å². The van der Waals surface area contributed by atoms with Crippen molar-refractivity contribution in [3.8, 4) is 0 Å². The Balaban J connectivity index is 2.23. The lowest BCUT2D eigenvalue weighted by Gasteiger charge is -2.21. The number of aryl methyl sites for hydroxylation is 1. The summed E-state index contributed by atoms with van der Waals surface area (Å²) in [5, 5.41) is 2.39. The Bertz CT molecular complexity index is 426. The van der Waals surface area contributed by atoms with E-state index >= 15 is 0 Å². The molecule has 0 spiro atoms. The number of imide groups is 1. The number of benzene rings is 1. The maximum atomic E-state index is 11.7. The van der Waals surface area contributed by atoms with Crippen LogP contribution in [0.5, 0.6) is 0 Å². The summed E-state index contributed by atoms with van der Waals surface area (Å²) in [4.78, 5) is 22.7. The van der Waals surface area contributed by atoms with E-state index in [2.05, 4.69) is 24.4 Å². The molecule has 1 heterocycles. The lowest BCUT2D eigenvalue weighted by molar-refractivity contribution is -0.134. The number of carbonyl (C=O) groups excluding carboxylic acids is 2. The molecule has 1 fully saturated rings. The smallest absolute Gasteiger partial charge is 0.234 e. The molecule has 84 valence electrons. The van der Waals surface area contributed by atoms with Crippen LogP contribution in [0.2, 0.25) is 0 Å². The Hall–Kier alpha value is -1.64. The van der Waals surface area contributed by atoms with Crippen molar-refractivity contribution in [2.45, 2.75) is 32.1 Å². The van der Waals surface area contributed by atoms with Crippen molar-refractivity contribution in [3.05, 3.63) is 35.4 Å². The Morgan fingerprint density at radius 1 is 1.38 bits per heavy atom. The third kappa shape index (κ3) is 2.13. The van der Waals surface area contributed by atoms with Crippen LogP contribution in [-0.4, -0.2) is 11.8 Å². The van der Waals surface area contributed by atoms with Crippen molar-refractivity contribution >= 4 is 11.8 Å². The Morgan fingerprint density at radius 2 is 2.19 bits per heavy atom. The molecule has 16 heavy (non-hydrogen) atoms. The number of nitrogens with one attached hydrogen (secondary N) is 1. The summed E-state index contributed by atoms with van der Waals surface area (Å²) in [6.45, 7) is 2.09. The molecule has 3 heteroatoms. The summed E-state index contributed by atoms with van der Waals surface area (Å²) >= 11 is 0. The highest BCUT2D eigenvalue weighted by molar-refractivity contribution is 6.00. The lowest BCUT2D eigenvalue weighted by Crippen LogP contribution is -2.39. The Kier molecular flexibility index (Phi) is 3.04. The van der Waals surface area contributed by atoms with E-state index in [1.165, 1.54) is 5.56 Å². The molecule has 1 saturated heterocycles. The first-order valence-electron chi connectivity index (χ1n) is 5.63. The fourth-order valence-electron chi connectivity index (χ4n) is 2.04. The largest absolute Gasteiger partial charge is 0.296 e. The molecule has 1 N–H and O–H groups in total. The zero-order valence-corrected chi connectivity index (χ0v) is 9.32. The van der Waals surface area contributed by atoms with Crippen LogP contribution in [0.1, 0.15) is 36.8 Å². The first-order chi connectivity index (χ1) is 7.70. The van der Waals surface area contributed by atoms with Gasteiger partial charge < -0.3 is 0 Å². The van der Waals surface area contributed by atoms with Gasteiger partial charge in [0.05, 0.1) is 5.92 Å². The number of hydrogen-bond donors (Lipinski definition) is 1. The average Bonchev–Trinajstić information content (AvgIpc) is 2.29. The normalized spacial score (nSPS) is 20.7. The van der Waals surface area contributed by atoms with Crippen LogP contribution in [0, 0.1) is 0 Å². The molecule has 2 rings (SSSR count). The quantitative estimate of drug-likeness (QED) is 0.767. The van der Waals surface area contributed by atoms with Crippen LogP contribution in [0.3, 0.4) is 0 Å². The minimum absolute atomic E-state index is 0.159. The first kappa shape index (κ1) is 10.9. The molecule has 0 aromatic heterocycles. The van der Waals surface area contributed by atoms with E-state index in [0.29, 0.717) is 12.8 Å². The van der Waals surface area contributed by atoms with Crippen molar-refractivity contribution in [2.75, 3.05) is 0 Å². The highest BCUT2D eigenvalue weighted by atomic mass is 16.2. The topological polar surface area (TPSA) is 46.2 Å². The summed E-state index contributed by atoms with van der Waals surface area (Å²) in [7, 11) is 0. The zero-order chi connectivity index (χ0) is 11.5. The molecule has 0 bridgehead atoms. The number of amides is 2. The molecule has 3 nitrogen and oxygen atoms in total. The predicted molar refractivity (Wildman–Crippen MR) is 60.9 cm³/mol. The van der Waals surface area contributed by atoms with E-state index in [4.69, 9.17) is 0 Å². The van der Waals surface area contributed by atoms with Crippen molar-refractivity contribution in [1.29, 1.82) is 0 Å². The standard InChI is InChI=1S/C13H15NO2/c1-2-9-4-3-5-10(8-9)11-6-7-12(15)14-13(11)16/h3-5,8,11H,2,6-7H2,1H3,(H,14,15,16). The zero-order valence-electron chi connectivity index (χ0n) is 9.32. The third-order valence-corrected chi connectivity index (χ3v) is 3.00. The summed E-state index contributed by atoms with van der Waals surface area (Å²) in [5.41, 5.74) is 2.24. The number of rotatable bonds is 2.